The summed E-state index contributed by atoms with van der Waals surface area (Å²) in [6.45, 7) is 9.76. The van der Waals surface area contributed by atoms with E-state index in [4.69, 9.17) is 9.47 Å². The van der Waals surface area contributed by atoms with Crippen LogP contribution in [0.4, 0.5) is 0 Å². The van der Waals surface area contributed by atoms with Crippen LogP contribution in [-0.2, 0) is 14.3 Å². The molecule has 0 unspecified atom stereocenters. The van der Waals surface area contributed by atoms with Crippen LogP contribution < -0.4 is 0 Å². The fourth-order valence-electron chi connectivity index (χ4n) is 3.29. The van der Waals surface area contributed by atoms with Gasteiger partial charge in [0, 0.05) is 13.5 Å². The molecule has 2 rings (SSSR count). The predicted octanol–water partition coefficient (Wildman–Crippen LogP) is 3.76. The van der Waals surface area contributed by atoms with Crippen molar-refractivity contribution in [2.24, 2.45) is 0 Å². The predicted molar refractivity (Wildman–Crippen MR) is 105 cm³/mol. The molecule has 1 aliphatic rings. The largest absolute Gasteiger partial charge is 0.452 e. The van der Waals surface area contributed by atoms with E-state index < -0.39 is 18.1 Å². The Labute approximate surface area is 161 Å². The van der Waals surface area contributed by atoms with Crippen LogP contribution in [0.1, 0.15) is 44.0 Å². The second-order valence-corrected chi connectivity index (χ2v) is 6.61. The molecule has 27 heavy (non-hydrogen) atoms. The summed E-state index contributed by atoms with van der Waals surface area (Å²) in [6.07, 6.45) is 6.33. The van der Waals surface area contributed by atoms with E-state index in [-0.39, 0.29) is 18.1 Å². The Morgan fingerprint density at radius 2 is 1.78 bits per heavy atom. The Balaban J connectivity index is 2.23. The van der Waals surface area contributed by atoms with E-state index in [9.17, 15) is 9.59 Å². The Hall–Kier alpha value is -2.40. The van der Waals surface area contributed by atoms with Crippen LogP contribution in [-0.4, -0.2) is 47.7 Å². The third-order valence-electron chi connectivity index (χ3n) is 4.77. The number of nitrogens with zero attached hydrogens (tertiary/aromatic N) is 1. The maximum absolute atomic E-state index is 12.5. The molecule has 0 bridgehead atoms. The maximum Gasteiger partial charge on any atom is 0.338 e. The van der Waals surface area contributed by atoms with Crippen LogP contribution in [0.5, 0.6) is 0 Å². The van der Waals surface area contributed by atoms with E-state index in [0.29, 0.717) is 12.1 Å². The Kier molecular flexibility index (Phi) is 7.80. The second kappa shape index (κ2) is 10.1. The number of amides is 1. The summed E-state index contributed by atoms with van der Waals surface area (Å²) in [5, 5.41) is 0. The van der Waals surface area contributed by atoms with Crippen LogP contribution >= 0.6 is 0 Å². The smallest absolute Gasteiger partial charge is 0.338 e. The first-order valence-electron chi connectivity index (χ1n) is 9.49. The molecule has 0 fully saturated rings. The lowest BCUT2D eigenvalue weighted by atomic mass is 10.1. The molecule has 0 saturated carbocycles. The molecule has 0 saturated heterocycles. The molecule has 5 nitrogen and oxygen atoms in total. The highest BCUT2D eigenvalue weighted by atomic mass is 16.6. The molecule has 1 aromatic rings. The lowest BCUT2D eigenvalue weighted by Gasteiger charge is -2.36. The van der Waals surface area contributed by atoms with E-state index in [0.717, 1.165) is 12.8 Å². The summed E-state index contributed by atoms with van der Waals surface area (Å²) < 4.78 is 11.9. The zero-order chi connectivity index (χ0) is 19.8. The lowest BCUT2D eigenvalue weighted by Crippen LogP contribution is -2.52. The number of rotatable bonds is 9. The van der Waals surface area contributed by atoms with Crippen LogP contribution in [0, 0.1) is 0 Å². The molecule has 0 heterocycles. The van der Waals surface area contributed by atoms with E-state index in [2.05, 4.69) is 20.4 Å². The molecule has 1 amide bonds. The van der Waals surface area contributed by atoms with Crippen LogP contribution in [0.25, 0.3) is 0 Å². The summed E-state index contributed by atoms with van der Waals surface area (Å²) in [5.74, 6) is -0.525. The van der Waals surface area contributed by atoms with Gasteiger partial charge in [0.15, 0.2) is 0 Å². The normalized spacial score (nSPS) is 21.3. The Morgan fingerprint density at radius 1 is 1.15 bits per heavy atom. The van der Waals surface area contributed by atoms with Gasteiger partial charge in [-0.15, -0.1) is 6.58 Å². The third-order valence-corrected chi connectivity index (χ3v) is 4.77. The Bertz CT molecular complexity index is 666. The molecule has 0 spiro atoms. The summed E-state index contributed by atoms with van der Waals surface area (Å²) in [6, 6.07) is 8.43. The monoisotopic (exact) mass is 371 g/mol. The van der Waals surface area contributed by atoms with Crippen LogP contribution in [0.3, 0.4) is 0 Å². The van der Waals surface area contributed by atoms with Gasteiger partial charge < -0.3 is 14.4 Å². The molecule has 5 heteroatoms. The molecule has 0 N–H and O–H groups in total. The average Bonchev–Trinajstić information content (AvgIpc) is 3.06. The number of benzene rings is 1. The van der Waals surface area contributed by atoms with Gasteiger partial charge in [0.25, 0.3) is 0 Å². The standard InChI is InChI=1S/C22H29NO4/c1-5-15-23(16(4)24)21-19(26-18(6-2)7-3)13-14-20(21)27-22(25)17-11-9-8-10-12-17/h5,8-14,18-21H,1,6-7,15H2,2-4H3/t19-,20+,21+/m1/s1. The van der Waals surface area contributed by atoms with Gasteiger partial charge in [-0.05, 0) is 31.1 Å². The minimum absolute atomic E-state index is 0.0864. The molecule has 0 aromatic heterocycles. The second-order valence-electron chi connectivity index (χ2n) is 6.61. The summed E-state index contributed by atoms with van der Waals surface area (Å²) in [7, 11) is 0. The Morgan fingerprint density at radius 3 is 2.33 bits per heavy atom. The van der Waals surface area contributed by atoms with Crippen molar-refractivity contribution in [3.05, 3.63) is 60.7 Å². The SMILES string of the molecule is C=CCN(C(C)=O)[C@@H]1[C@@H](OC(=O)c2ccccc2)C=C[C@H]1OC(CC)CC. The van der Waals surface area contributed by atoms with Crippen molar-refractivity contribution >= 4 is 11.9 Å². The van der Waals surface area contributed by atoms with Crippen molar-refractivity contribution < 1.29 is 19.1 Å². The van der Waals surface area contributed by atoms with Gasteiger partial charge >= 0.3 is 5.97 Å². The zero-order valence-corrected chi connectivity index (χ0v) is 16.3. The van der Waals surface area contributed by atoms with Crippen molar-refractivity contribution in [2.45, 2.75) is 58.0 Å². The van der Waals surface area contributed by atoms with E-state index in [1.165, 1.54) is 6.92 Å². The van der Waals surface area contributed by atoms with E-state index in [1.54, 1.807) is 35.2 Å². The number of hydrogen-bond donors (Lipinski definition) is 0. The molecule has 146 valence electrons. The number of hydrogen-bond acceptors (Lipinski definition) is 4. The molecule has 1 aliphatic carbocycles. The molecule has 0 radical (unpaired) electrons. The average molecular weight is 371 g/mol. The number of esters is 1. The number of carbonyl (C=O) groups is 2. The van der Waals surface area contributed by atoms with Gasteiger partial charge in [0.1, 0.15) is 18.2 Å². The van der Waals surface area contributed by atoms with Gasteiger partial charge in [0.05, 0.1) is 11.7 Å². The van der Waals surface area contributed by atoms with Crippen LogP contribution in [0.2, 0.25) is 0 Å². The van der Waals surface area contributed by atoms with Crippen molar-refractivity contribution in [3.8, 4) is 0 Å². The highest BCUT2D eigenvalue weighted by molar-refractivity contribution is 5.89. The lowest BCUT2D eigenvalue weighted by molar-refractivity contribution is -0.137. The summed E-state index contributed by atoms with van der Waals surface area (Å²) >= 11 is 0. The fraction of sp³-hybridized carbons (Fsp3) is 0.455. The maximum atomic E-state index is 12.5. The number of ether oxygens (including phenoxy) is 2. The molecule has 3 atom stereocenters. The van der Waals surface area contributed by atoms with Crippen LogP contribution in [0.15, 0.2) is 55.1 Å². The first-order chi connectivity index (χ1) is 13.0. The fourth-order valence-corrected chi connectivity index (χ4v) is 3.29. The van der Waals surface area contributed by atoms with Crippen molar-refractivity contribution in [1.29, 1.82) is 0 Å². The van der Waals surface area contributed by atoms with Gasteiger partial charge in [0.2, 0.25) is 5.91 Å². The van der Waals surface area contributed by atoms with E-state index in [1.807, 2.05) is 18.2 Å². The topological polar surface area (TPSA) is 55.8 Å². The van der Waals surface area contributed by atoms with Gasteiger partial charge in [-0.25, -0.2) is 4.79 Å². The first-order valence-corrected chi connectivity index (χ1v) is 9.49. The highest BCUT2D eigenvalue weighted by Crippen LogP contribution is 2.27. The zero-order valence-electron chi connectivity index (χ0n) is 16.3. The summed E-state index contributed by atoms with van der Waals surface area (Å²) in [4.78, 5) is 26.4. The van der Waals surface area contributed by atoms with Gasteiger partial charge in [-0.1, -0.05) is 44.2 Å². The molecule has 0 aliphatic heterocycles. The quantitative estimate of drug-likeness (QED) is 0.490. The van der Waals surface area contributed by atoms with Crippen molar-refractivity contribution in [3.63, 3.8) is 0 Å². The first kappa shape index (κ1) is 20.9. The molecule has 1 aromatic carbocycles. The molecular weight excluding hydrogens is 342 g/mol. The van der Waals surface area contributed by atoms with Crippen molar-refractivity contribution in [1.82, 2.24) is 4.90 Å². The molecular formula is C22H29NO4. The minimum atomic E-state index is -0.569. The highest BCUT2D eigenvalue weighted by Gasteiger charge is 2.41. The third kappa shape index (κ3) is 5.30. The van der Waals surface area contributed by atoms with Gasteiger partial charge in [-0.3, -0.25) is 4.79 Å². The minimum Gasteiger partial charge on any atom is -0.452 e. The van der Waals surface area contributed by atoms with Gasteiger partial charge in [-0.2, -0.15) is 0 Å². The summed E-state index contributed by atoms with van der Waals surface area (Å²) in [5.41, 5.74) is 0.479. The van der Waals surface area contributed by atoms with Crippen molar-refractivity contribution in [2.75, 3.05) is 6.54 Å². The number of carbonyl (C=O) groups excluding carboxylic acids is 2. The van der Waals surface area contributed by atoms with E-state index >= 15 is 0 Å².